The standard InChI is InChI=1S/C24H23N3O4/c1-16(26-22(28)21-19-11-7-6-10-18(19)12-13-25-21)20-15-24(31-27-20,23(29)30-2)14-17-8-4-3-5-9-17/h3-13,16H,14-15H2,1-2H3,(H,26,28)/t16-,24?/m0/s1. The molecule has 1 aromatic heterocycles. The van der Waals surface area contributed by atoms with Gasteiger partial charge in [0.25, 0.3) is 5.91 Å². The highest BCUT2D eigenvalue weighted by atomic mass is 16.7. The number of pyridine rings is 1. The summed E-state index contributed by atoms with van der Waals surface area (Å²) in [6.07, 6.45) is 2.15. The van der Waals surface area contributed by atoms with E-state index in [1.54, 1.807) is 13.1 Å². The Morgan fingerprint density at radius 2 is 1.87 bits per heavy atom. The van der Waals surface area contributed by atoms with Crippen LogP contribution in [0.2, 0.25) is 0 Å². The van der Waals surface area contributed by atoms with E-state index in [-0.39, 0.29) is 12.3 Å². The lowest BCUT2D eigenvalue weighted by Gasteiger charge is -2.24. The molecule has 2 heterocycles. The van der Waals surface area contributed by atoms with Gasteiger partial charge >= 0.3 is 5.97 Å². The molecular formula is C24H23N3O4. The van der Waals surface area contributed by atoms with Gasteiger partial charge in [0, 0.05) is 24.4 Å². The lowest BCUT2D eigenvalue weighted by Crippen LogP contribution is -2.45. The van der Waals surface area contributed by atoms with E-state index in [0.717, 1.165) is 16.3 Å². The summed E-state index contributed by atoms with van der Waals surface area (Å²) < 4.78 is 5.00. The third kappa shape index (κ3) is 4.12. The molecule has 1 N–H and O–H groups in total. The molecule has 0 radical (unpaired) electrons. The Labute approximate surface area is 180 Å². The largest absolute Gasteiger partial charge is 0.466 e. The van der Waals surface area contributed by atoms with Crippen LogP contribution in [-0.4, -0.2) is 41.3 Å². The summed E-state index contributed by atoms with van der Waals surface area (Å²) in [5, 5.41) is 8.77. The highest BCUT2D eigenvalue weighted by Crippen LogP contribution is 2.31. The first kappa shape index (κ1) is 20.5. The number of hydrogen-bond acceptors (Lipinski definition) is 6. The Morgan fingerprint density at radius 3 is 2.65 bits per heavy atom. The number of nitrogens with zero attached hydrogens (tertiary/aromatic N) is 2. The number of hydrogen-bond donors (Lipinski definition) is 1. The van der Waals surface area contributed by atoms with Crippen LogP contribution in [0.5, 0.6) is 0 Å². The molecule has 3 aromatic rings. The number of carbonyl (C=O) groups is 2. The predicted molar refractivity (Wildman–Crippen MR) is 117 cm³/mol. The van der Waals surface area contributed by atoms with Crippen molar-refractivity contribution in [3.05, 3.63) is 78.1 Å². The molecule has 0 saturated carbocycles. The summed E-state index contributed by atoms with van der Waals surface area (Å²) in [5.74, 6) is -0.810. The zero-order valence-electron chi connectivity index (χ0n) is 17.4. The summed E-state index contributed by atoms with van der Waals surface area (Å²) in [4.78, 5) is 35.4. The van der Waals surface area contributed by atoms with Crippen molar-refractivity contribution in [3.63, 3.8) is 0 Å². The molecule has 158 valence electrons. The first-order valence-electron chi connectivity index (χ1n) is 10.0. The smallest absolute Gasteiger partial charge is 0.353 e. The summed E-state index contributed by atoms with van der Waals surface area (Å²) >= 11 is 0. The Morgan fingerprint density at radius 1 is 1.13 bits per heavy atom. The van der Waals surface area contributed by atoms with Crippen molar-refractivity contribution in [1.82, 2.24) is 10.3 Å². The van der Waals surface area contributed by atoms with Gasteiger partial charge in [0.15, 0.2) is 0 Å². The molecule has 0 saturated heterocycles. The van der Waals surface area contributed by atoms with Gasteiger partial charge in [-0.05, 0) is 23.9 Å². The first-order valence-corrected chi connectivity index (χ1v) is 10.0. The van der Waals surface area contributed by atoms with E-state index in [1.165, 1.54) is 7.11 Å². The van der Waals surface area contributed by atoms with Crippen molar-refractivity contribution in [2.45, 2.75) is 31.4 Å². The Hall–Kier alpha value is -3.74. The number of oxime groups is 1. The highest BCUT2D eigenvalue weighted by molar-refractivity contribution is 6.07. The van der Waals surface area contributed by atoms with E-state index in [1.807, 2.05) is 60.7 Å². The monoisotopic (exact) mass is 417 g/mol. The van der Waals surface area contributed by atoms with Crippen LogP contribution < -0.4 is 5.32 Å². The Balaban J connectivity index is 1.50. The quantitative estimate of drug-likeness (QED) is 0.622. The maximum atomic E-state index is 12.9. The van der Waals surface area contributed by atoms with Crippen LogP contribution in [0.1, 0.15) is 29.4 Å². The van der Waals surface area contributed by atoms with Gasteiger partial charge < -0.3 is 14.9 Å². The number of methoxy groups -OCH3 is 1. The summed E-state index contributed by atoms with van der Waals surface area (Å²) in [5.41, 5.74) is 0.589. The molecule has 1 aliphatic rings. The number of aromatic nitrogens is 1. The predicted octanol–water partition coefficient (Wildman–Crippen LogP) is 3.28. The average Bonchev–Trinajstić information content (AvgIpc) is 3.24. The number of ether oxygens (including phenoxy) is 1. The SMILES string of the molecule is COC(=O)C1(Cc2ccccc2)CC([C@H](C)NC(=O)c2nccc3ccccc23)=NO1. The minimum Gasteiger partial charge on any atom is -0.466 e. The van der Waals surface area contributed by atoms with Crippen molar-refractivity contribution in [1.29, 1.82) is 0 Å². The van der Waals surface area contributed by atoms with E-state index in [9.17, 15) is 9.59 Å². The van der Waals surface area contributed by atoms with Gasteiger partial charge in [0.2, 0.25) is 5.60 Å². The molecule has 7 nitrogen and oxygen atoms in total. The second-order valence-electron chi connectivity index (χ2n) is 7.57. The number of benzene rings is 2. The van der Waals surface area contributed by atoms with Crippen LogP contribution in [0.15, 0.2) is 72.0 Å². The third-order valence-corrected chi connectivity index (χ3v) is 5.43. The number of esters is 1. The minimum atomic E-state index is -1.25. The van der Waals surface area contributed by atoms with Crippen LogP contribution in [0.25, 0.3) is 10.8 Å². The van der Waals surface area contributed by atoms with Gasteiger partial charge in [-0.15, -0.1) is 0 Å². The molecule has 2 aromatic carbocycles. The highest BCUT2D eigenvalue weighted by Gasteiger charge is 2.48. The lowest BCUT2D eigenvalue weighted by molar-refractivity contribution is -0.166. The summed E-state index contributed by atoms with van der Waals surface area (Å²) in [6.45, 7) is 1.81. The van der Waals surface area contributed by atoms with E-state index < -0.39 is 17.6 Å². The maximum Gasteiger partial charge on any atom is 0.353 e. The maximum absolute atomic E-state index is 12.9. The number of amides is 1. The van der Waals surface area contributed by atoms with Crippen molar-refractivity contribution in [3.8, 4) is 0 Å². The molecule has 7 heteroatoms. The van der Waals surface area contributed by atoms with Crippen molar-refractivity contribution < 1.29 is 19.2 Å². The molecular weight excluding hydrogens is 394 g/mol. The summed E-state index contributed by atoms with van der Waals surface area (Å²) in [7, 11) is 1.33. The molecule has 0 bridgehead atoms. The van der Waals surface area contributed by atoms with Crippen LogP contribution in [0.4, 0.5) is 0 Å². The molecule has 1 amide bonds. The van der Waals surface area contributed by atoms with Gasteiger partial charge in [-0.3, -0.25) is 9.78 Å². The normalized spacial score (nSPS) is 18.7. The van der Waals surface area contributed by atoms with Gasteiger partial charge in [0.05, 0.1) is 18.9 Å². The fourth-order valence-corrected chi connectivity index (χ4v) is 3.77. The van der Waals surface area contributed by atoms with Gasteiger partial charge in [-0.1, -0.05) is 59.8 Å². The molecule has 1 aliphatic heterocycles. The van der Waals surface area contributed by atoms with Crippen LogP contribution in [-0.2, 0) is 20.8 Å². The van der Waals surface area contributed by atoms with Crippen LogP contribution in [0.3, 0.4) is 0 Å². The number of nitrogens with one attached hydrogen (secondary N) is 1. The fraction of sp³-hybridized carbons (Fsp3) is 0.250. The molecule has 0 fully saturated rings. The van der Waals surface area contributed by atoms with E-state index in [2.05, 4.69) is 15.5 Å². The third-order valence-electron chi connectivity index (χ3n) is 5.43. The zero-order chi connectivity index (χ0) is 21.8. The molecule has 31 heavy (non-hydrogen) atoms. The number of rotatable bonds is 6. The average molecular weight is 417 g/mol. The van der Waals surface area contributed by atoms with Crippen LogP contribution in [0, 0.1) is 0 Å². The second-order valence-corrected chi connectivity index (χ2v) is 7.57. The van der Waals surface area contributed by atoms with Gasteiger partial charge in [-0.25, -0.2) is 4.79 Å². The summed E-state index contributed by atoms with van der Waals surface area (Å²) in [6, 6.07) is 18.5. The molecule has 1 unspecified atom stereocenters. The molecule has 2 atom stereocenters. The molecule has 4 rings (SSSR count). The first-order chi connectivity index (χ1) is 15.0. The van der Waals surface area contributed by atoms with Crippen LogP contribution >= 0.6 is 0 Å². The Kier molecular flexibility index (Phi) is 5.66. The zero-order valence-corrected chi connectivity index (χ0v) is 17.4. The molecule has 0 spiro atoms. The van der Waals surface area contributed by atoms with Crippen molar-refractivity contribution >= 4 is 28.4 Å². The number of carbonyl (C=O) groups excluding carboxylic acids is 2. The molecule has 0 aliphatic carbocycles. The van der Waals surface area contributed by atoms with Gasteiger partial charge in [-0.2, -0.15) is 0 Å². The fourth-order valence-electron chi connectivity index (χ4n) is 3.77. The topological polar surface area (TPSA) is 89.9 Å². The Bertz CT molecular complexity index is 1140. The van der Waals surface area contributed by atoms with Crippen molar-refractivity contribution in [2.24, 2.45) is 5.16 Å². The lowest BCUT2D eigenvalue weighted by atomic mass is 9.88. The van der Waals surface area contributed by atoms with Crippen molar-refractivity contribution in [2.75, 3.05) is 7.11 Å². The van der Waals surface area contributed by atoms with Gasteiger partial charge in [0.1, 0.15) is 5.69 Å². The number of fused-ring (bicyclic) bond motifs is 1. The van der Waals surface area contributed by atoms with E-state index in [4.69, 9.17) is 9.57 Å². The van der Waals surface area contributed by atoms with E-state index in [0.29, 0.717) is 17.8 Å². The minimum absolute atomic E-state index is 0.221. The second kappa shape index (κ2) is 8.55. The van der Waals surface area contributed by atoms with E-state index >= 15 is 0 Å².